The van der Waals surface area contributed by atoms with E-state index in [0.717, 1.165) is 17.4 Å². The summed E-state index contributed by atoms with van der Waals surface area (Å²) in [6.07, 6.45) is 0.995. The van der Waals surface area contributed by atoms with Crippen molar-refractivity contribution in [3.05, 3.63) is 35.0 Å². The summed E-state index contributed by atoms with van der Waals surface area (Å²) in [7, 11) is 0. The molecule has 0 spiro atoms. The third-order valence-electron chi connectivity index (χ3n) is 2.54. The van der Waals surface area contributed by atoms with Crippen LogP contribution in [0.25, 0.3) is 11.0 Å². The van der Waals surface area contributed by atoms with E-state index in [2.05, 4.69) is 19.1 Å². The molecule has 0 saturated carbocycles. The highest BCUT2D eigenvalue weighted by molar-refractivity contribution is 6.29. The van der Waals surface area contributed by atoms with Gasteiger partial charge in [0.1, 0.15) is 5.58 Å². The molecule has 15 heavy (non-hydrogen) atoms. The number of hydrogen-bond donors (Lipinski definition) is 1. The lowest BCUT2D eigenvalue weighted by molar-refractivity contribution is 0.592. The van der Waals surface area contributed by atoms with Crippen molar-refractivity contribution in [2.45, 2.75) is 13.3 Å². The summed E-state index contributed by atoms with van der Waals surface area (Å²) in [6.45, 7) is 2.86. The van der Waals surface area contributed by atoms with Crippen LogP contribution >= 0.6 is 11.6 Å². The average Bonchev–Trinajstić information content (AvgIpc) is 2.57. The summed E-state index contributed by atoms with van der Waals surface area (Å²) in [5, 5.41) is 1.50. The topological polar surface area (TPSA) is 39.2 Å². The Morgan fingerprint density at radius 3 is 2.93 bits per heavy atom. The number of fused-ring (bicyclic) bond motifs is 1. The minimum absolute atomic E-state index is 0.439. The minimum atomic E-state index is 0.439. The SMILES string of the molecule is CC(CN)Cc1ccc2oc(Cl)cc2c1. The van der Waals surface area contributed by atoms with E-state index >= 15 is 0 Å². The van der Waals surface area contributed by atoms with E-state index in [1.807, 2.05) is 12.1 Å². The van der Waals surface area contributed by atoms with Gasteiger partial charge in [-0.3, -0.25) is 0 Å². The zero-order chi connectivity index (χ0) is 10.8. The quantitative estimate of drug-likeness (QED) is 0.868. The average molecular weight is 224 g/mol. The Labute approximate surface area is 94.0 Å². The molecule has 3 heteroatoms. The molecule has 1 aromatic heterocycles. The maximum Gasteiger partial charge on any atom is 0.194 e. The van der Waals surface area contributed by atoms with Crippen molar-refractivity contribution >= 4 is 22.6 Å². The van der Waals surface area contributed by atoms with Gasteiger partial charge in [0.05, 0.1) is 0 Å². The third kappa shape index (κ3) is 2.33. The smallest absolute Gasteiger partial charge is 0.194 e. The van der Waals surface area contributed by atoms with Crippen molar-refractivity contribution < 1.29 is 4.42 Å². The Morgan fingerprint density at radius 1 is 1.40 bits per heavy atom. The van der Waals surface area contributed by atoms with Gasteiger partial charge in [-0.15, -0.1) is 0 Å². The summed E-state index contributed by atoms with van der Waals surface area (Å²) >= 11 is 5.78. The molecule has 2 rings (SSSR count). The van der Waals surface area contributed by atoms with Crippen molar-refractivity contribution in [2.75, 3.05) is 6.54 Å². The summed E-state index contributed by atoms with van der Waals surface area (Å²) < 4.78 is 5.29. The molecule has 80 valence electrons. The summed E-state index contributed by atoms with van der Waals surface area (Å²) in [6, 6.07) is 7.97. The number of nitrogens with two attached hydrogens (primary N) is 1. The van der Waals surface area contributed by atoms with Crippen LogP contribution in [-0.4, -0.2) is 6.54 Å². The lowest BCUT2D eigenvalue weighted by atomic mass is 10.0. The first kappa shape index (κ1) is 10.5. The van der Waals surface area contributed by atoms with Crippen molar-refractivity contribution in [1.82, 2.24) is 0 Å². The summed E-state index contributed by atoms with van der Waals surface area (Å²) in [5.41, 5.74) is 7.71. The maximum absolute atomic E-state index is 5.78. The second kappa shape index (κ2) is 4.25. The van der Waals surface area contributed by atoms with E-state index in [-0.39, 0.29) is 0 Å². The highest BCUT2D eigenvalue weighted by Gasteiger charge is 2.05. The summed E-state index contributed by atoms with van der Waals surface area (Å²) in [5.74, 6) is 0.504. The third-order valence-corrected chi connectivity index (χ3v) is 2.72. The Bertz CT molecular complexity index is 464. The van der Waals surface area contributed by atoms with Crippen molar-refractivity contribution in [3.8, 4) is 0 Å². The first-order chi connectivity index (χ1) is 7.19. The van der Waals surface area contributed by atoms with Gasteiger partial charge >= 0.3 is 0 Å². The fourth-order valence-corrected chi connectivity index (χ4v) is 1.87. The van der Waals surface area contributed by atoms with Crippen LogP contribution in [0.1, 0.15) is 12.5 Å². The molecule has 0 bridgehead atoms. The number of benzene rings is 1. The van der Waals surface area contributed by atoms with Crippen LogP contribution in [0.2, 0.25) is 5.22 Å². The zero-order valence-electron chi connectivity index (χ0n) is 8.66. The van der Waals surface area contributed by atoms with Gasteiger partial charge in [0.2, 0.25) is 0 Å². The second-order valence-electron chi connectivity index (χ2n) is 3.97. The molecule has 0 amide bonds. The van der Waals surface area contributed by atoms with E-state index < -0.39 is 0 Å². The lowest BCUT2D eigenvalue weighted by Crippen LogP contribution is -2.12. The van der Waals surface area contributed by atoms with Crippen LogP contribution in [0.15, 0.2) is 28.7 Å². The largest absolute Gasteiger partial charge is 0.445 e. The van der Waals surface area contributed by atoms with Crippen LogP contribution < -0.4 is 5.73 Å². The summed E-state index contributed by atoms with van der Waals surface area (Å²) in [4.78, 5) is 0. The van der Waals surface area contributed by atoms with Crippen molar-refractivity contribution in [1.29, 1.82) is 0 Å². The molecular formula is C12H14ClNO. The zero-order valence-corrected chi connectivity index (χ0v) is 9.42. The van der Waals surface area contributed by atoms with Crippen molar-refractivity contribution in [2.24, 2.45) is 11.7 Å². The van der Waals surface area contributed by atoms with E-state index in [9.17, 15) is 0 Å². The molecule has 2 N–H and O–H groups in total. The second-order valence-corrected chi connectivity index (χ2v) is 4.34. The Kier molecular flexibility index (Phi) is 2.98. The van der Waals surface area contributed by atoms with Crippen molar-refractivity contribution in [3.63, 3.8) is 0 Å². The molecule has 0 saturated heterocycles. The van der Waals surface area contributed by atoms with Gasteiger partial charge in [0, 0.05) is 11.5 Å². The maximum atomic E-state index is 5.78. The van der Waals surface area contributed by atoms with E-state index in [1.165, 1.54) is 5.56 Å². The standard InChI is InChI=1S/C12H14ClNO/c1-8(7-14)4-9-2-3-11-10(5-9)6-12(13)15-11/h2-3,5-6,8H,4,7,14H2,1H3. The molecule has 0 aliphatic heterocycles. The molecular weight excluding hydrogens is 210 g/mol. The van der Waals surface area contributed by atoms with Gasteiger partial charge < -0.3 is 10.2 Å². The van der Waals surface area contributed by atoms with Gasteiger partial charge in [-0.25, -0.2) is 0 Å². The Morgan fingerprint density at radius 2 is 2.20 bits per heavy atom. The number of halogens is 1. The highest BCUT2D eigenvalue weighted by Crippen LogP contribution is 2.24. The van der Waals surface area contributed by atoms with Gasteiger partial charge in [0.15, 0.2) is 5.22 Å². The van der Waals surface area contributed by atoms with Gasteiger partial charge in [-0.2, -0.15) is 0 Å². The normalized spacial score (nSPS) is 13.3. The molecule has 1 atom stereocenters. The highest BCUT2D eigenvalue weighted by atomic mass is 35.5. The molecule has 2 aromatic rings. The molecule has 1 heterocycles. The molecule has 1 unspecified atom stereocenters. The number of furan rings is 1. The molecule has 0 radical (unpaired) electrons. The predicted molar refractivity (Wildman–Crippen MR) is 63.1 cm³/mol. The lowest BCUT2D eigenvalue weighted by Gasteiger charge is -2.07. The van der Waals surface area contributed by atoms with Crippen LogP contribution in [0.3, 0.4) is 0 Å². The van der Waals surface area contributed by atoms with E-state index in [1.54, 1.807) is 0 Å². The van der Waals surface area contributed by atoms with Gasteiger partial charge in [-0.05, 0) is 48.2 Å². The van der Waals surface area contributed by atoms with Crippen LogP contribution in [0.4, 0.5) is 0 Å². The van der Waals surface area contributed by atoms with Crippen LogP contribution in [0, 0.1) is 5.92 Å². The monoisotopic (exact) mass is 223 g/mol. The van der Waals surface area contributed by atoms with E-state index in [0.29, 0.717) is 17.7 Å². The Balaban J connectivity index is 2.30. The van der Waals surface area contributed by atoms with Crippen LogP contribution in [-0.2, 0) is 6.42 Å². The molecule has 1 aromatic carbocycles. The number of hydrogen-bond acceptors (Lipinski definition) is 2. The number of rotatable bonds is 3. The van der Waals surface area contributed by atoms with Gasteiger partial charge in [-0.1, -0.05) is 13.0 Å². The first-order valence-electron chi connectivity index (χ1n) is 5.07. The predicted octanol–water partition coefficient (Wildman–Crippen LogP) is 3.22. The molecule has 0 aliphatic carbocycles. The Hall–Kier alpha value is -0.990. The molecule has 2 nitrogen and oxygen atoms in total. The molecule has 0 aliphatic rings. The first-order valence-corrected chi connectivity index (χ1v) is 5.45. The molecule has 0 fully saturated rings. The van der Waals surface area contributed by atoms with Crippen LogP contribution in [0.5, 0.6) is 0 Å². The fraction of sp³-hybridized carbons (Fsp3) is 0.333. The minimum Gasteiger partial charge on any atom is -0.445 e. The van der Waals surface area contributed by atoms with Gasteiger partial charge in [0.25, 0.3) is 0 Å². The van der Waals surface area contributed by atoms with E-state index in [4.69, 9.17) is 21.8 Å². The fourth-order valence-electron chi connectivity index (χ4n) is 1.67.